The van der Waals surface area contributed by atoms with Crippen LogP contribution in [0.4, 0.5) is 0 Å². The summed E-state index contributed by atoms with van der Waals surface area (Å²) in [6, 6.07) is 5.91. The van der Waals surface area contributed by atoms with Gasteiger partial charge in [-0.1, -0.05) is 45.4 Å². The number of rotatable bonds is 6. The van der Waals surface area contributed by atoms with Crippen LogP contribution >= 0.6 is 11.6 Å². The van der Waals surface area contributed by atoms with E-state index in [1.807, 2.05) is 19.1 Å². The number of hydrogen-bond donors (Lipinski definition) is 1. The topological polar surface area (TPSA) is 38.3 Å². The van der Waals surface area contributed by atoms with Crippen LogP contribution in [0.25, 0.3) is 0 Å². The molecule has 1 aromatic rings. The number of nitrogens with one attached hydrogen (secondary N) is 1. The zero-order valence-corrected chi connectivity index (χ0v) is 16.4. The number of amides is 1. The fourth-order valence-electron chi connectivity index (χ4n) is 2.25. The minimum absolute atomic E-state index is 0.0338. The molecule has 0 spiro atoms. The first-order valence-corrected chi connectivity index (χ1v) is 11.0. The maximum absolute atomic E-state index is 11.4. The minimum atomic E-state index is -1.20. The second-order valence-electron chi connectivity index (χ2n) is 6.92. The minimum Gasteiger partial charge on any atom is -0.413 e. The van der Waals surface area contributed by atoms with Crippen LogP contribution in [-0.4, -0.2) is 14.9 Å². The van der Waals surface area contributed by atoms with Crippen LogP contribution in [0.2, 0.25) is 18.1 Å². The molecule has 0 aromatic heterocycles. The Morgan fingerprint density at radius 1 is 1.36 bits per heavy atom. The SMILES string of the molecule is CCC(=O)NCc1ccc(Cl)c(C(O[SiH](C)C)C(C)(C)C)c1. The summed E-state index contributed by atoms with van der Waals surface area (Å²) in [6.07, 6.45) is 0.459. The number of hydrogen-bond acceptors (Lipinski definition) is 2. The van der Waals surface area contributed by atoms with E-state index < -0.39 is 9.04 Å². The van der Waals surface area contributed by atoms with Crippen molar-refractivity contribution in [1.29, 1.82) is 0 Å². The average Bonchev–Trinajstić information content (AvgIpc) is 2.42. The van der Waals surface area contributed by atoms with E-state index in [-0.39, 0.29) is 17.4 Å². The normalized spacial score (nSPS) is 13.3. The Hall–Kier alpha value is -0.843. The summed E-state index contributed by atoms with van der Waals surface area (Å²) in [5.41, 5.74) is 2.02. The van der Waals surface area contributed by atoms with Gasteiger partial charge in [-0.25, -0.2) is 0 Å². The second-order valence-corrected chi connectivity index (χ2v) is 9.69. The predicted molar refractivity (Wildman–Crippen MR) is 95.7 cm³/mol. The average molecular weight is 342 g/mol. The largest absolute Gasteiger partial charge is 0.413 e. The van der Waals surface area contributed by atoms with Gasteiger partial charge < -0.3 is 9.74 Å². The lowest BCUT2D eigenvalue weighted by atomic mass is 9.84. The van der Waals surface area contributed by atoms with E-state index in [0.29, 0.717) is 13.0 Å². The third kappa shape index (κ3) is 5.74. The van der Waals surface area contributed by atoms with E-state index >= 15 is 0 Å². The van der Waals surface area contributed by atoms with Crippen molar-refractivity contribution in [3.05, 3.63) is 34.3 Å². The first-order chi connectivity index (χ1) is 10.1. The number of carbonyl (C=O) groups is 1. The molecule has 124 valence electrons. The van der Waals surface area contributed by atoms with Crippen LogP contribution in [-0.2, 0) is 15.8 Å². The van der Waals surface area contributed by atoms with Crippen molar-refractivity contribution in [3.63, 3.8) is 0 Å². The van der Waals surface area contributed by atoms with Crippen LogP contribution in [0.5, 0.6) is 0 Å². The van der Waals surface area contributed by atoms with Gasteiger partial charge in [0.2, 0.25) is 5.91 Å². The first kappa shape index (κ1) is 19.2. The van der Waals surface area contributed by atoms with Crippen molar-refractivity contribution in [3.8, 4) is 0 Å². The highest BCUT2D eigenvalue weighted by Crippen LogP contribution is 2.40. The van der Waals surface area contributed by atoms with Crippen molar-refractivity contribution in [2.75, 3.05) is 0 Å². The molecule has 0 saturated heterocycles. The molecule has 5 heteroatoms. The molecule has 22 heavy (non-hydrogen) atoms. The van der Waals surface area contributed by atoms with Crippen LogP contribution < -0.4 is 5.32 Å². The highest BCUT2D eigenvalue weighted by molar-refractivity contribution is 6.48. The number of carbonyl (C=O) groups excluding carboxylic acids is 1. The van der Waals surface area contributed by atoms with Crippen molar-refractivity contribution in [2.45, 2.75) is 59.9 Å². The molecule has 0 bridgehead atoms. The Morgan fingerprint density at radius 2 is 2.00 bits per heavy atom. The summed E-state index contributed by atoms with van der Waals surface area (Å²) in [7, 11) is -1.20. The highest BCUT2D eigenvalue weighted by atomic mass is 35.5. The van der Waals surface area contributed by atoms with Gasteiger partial charge in [0.25, 0.3) is 0 Å². The molecule has 1 atom stereocenters. The Kier molecular flexibility index (Phi) is 7.10. The monoisotopic (exact) mass is 341 g/mol. The first-order valence-electron chi connectivity index (χ1n) is 7.85. The zero-order chi connectivity index (χ0) is 16.9. The van der Waals surface area contributed by atoms with Gasteiger partial charge >= 0.3 is 0 Å². The molecule has 1 N–H and O–H groups in total. The molecule has 0 fully saturated rings. The Morgan fingerprint density at radius 3 is 2.50 bits per heavy atom. The molecule has 0 saturated carbocycles. The second kappa shape index (κ2) is 8.13. The Bertz CT molecular complexity index is 512. The van der Waals surface area contributed by atoms with Gasteiger partial charge in [0.05, 0.1) is 6.10 Å². The van der Waals surface area contributed by atoms with Gasteiger partial charge in [-0.05, 0) is 41.8 Å². The van der Waals surface area contributed by atoms with Crippen LogP contribution in [0, 0.1) is 5.41 Å². The summed E-state index contributed by atoms with van der Waals surface area (Å²) < 4.78 is 6.25. The maximum atomic E-state index is 11.4. The molecule has 0 aliphatic carbocycles. The Balaban J connectivity index is 3.06. The van der Waals surface area contributed by atoms with Gasteiger partial charge in [0, 0.05) is 18.0 Å². The third-order valence-corrected chi connectivity index (χ3v) is 4.51. The van der Waals surface area contributed by atoms with E-state index in [1.165, 1.54) is 0 Å². The van der Waals surface area contributed by atoms with Crippen LogP contribution in [0.15, 0.2) is 18.2 Å². The molecule has 1 unspecified atom stereocenters. The molecule has 1 aromatic carbocycles. The third-order valence-electron chi connectivity index (χ3n) is 3.35. The molecule has 3 nitrogen and oxygen atoms in total. The zero-order valence-electron chi connectivity index (χ0n) is 14.5. The fraction of sp³-hybridized carbons (Fsp3) is 0.588. The van der Waals surface area contributed by atoms with Crippen LogP contribution in [0.1, 0.15) is 51.3 Å². The van der Waals surface area contributed by atoms with E-state index in [1.54, 1.807) is 0 Å². The smallest absolute Gasteiger partial charge is 0.219 e. The van der Waals surface area contributed by atoms with Crippen molar-refractivity contribution < 1.29 is 9.22 Å². The van der Waals surface area contributed by atoms with E-state index in [2.05, 4.69) is 45.2 Å². The molecule has 1 rings (SSSR count). The summed E-state index contributed by atoms with van der Waals surface area (Å²) in [5.74, 6) is 0.0507. The summed E-state index contributed by atoms with van der Waals surface area (Å²) in [6.45, 7) is 13.2. The maximum Gasteiger partial charge on any atom is 0.219 e. The molecular formula is C17H28ClNO2Si. The van der Waals surface area contributed by atoms with Gasteiger partial charge in [-0.2, -0.15) is 0 Å². The summed E-state index contributed by atoms with van der Waals surface area (Å²) >= 11 is 6.42. The van der Waals surface area contributed by atoms with Gasteiger partial charge in [0.15, 0.2) is 9.04 Å². The standard InChI is InChI=1S/C17H28ClNO2Si/c1-7-15(20)19-11-12-8-9-14(18)13(10-12)16(17(2,3)4)21-22(5)6/h8-10,16,22H,7,11H2,1-6H3,(H,19,20). The van der Waals surface area contributed by atoms with Crippen molar-refractivity contribution in [2.24, 2.45) is 5.41 Å². The van der Waals surface area contributed by atoms with Crippen molar-refractivity contribution >= 4 is 26.5 Å². The van der Waals surface area contributed by atoms with Gasteiger partial charge in [0.1, 0.15) is 0 Å². The number of benzene rings is 1. The predicted octanol–water partition coefficient (Wildman–Crippen LogP) is 4.45. The molecule has 0 heterocycles. The van der Waals surface area contributed by atoms with Crippen molar-refractivity contribution in [1.82, 2.24) is 5.32 Å². The number of halogens is 1. The van der Waals surface area contributed by atoms with Gasteiger partial charge in [-0.15, -0.1) is 0 Å². The van der Waals surface area contributed by atoms with E-state index in [0.717, 1.165) is 16.1 Å². The highest BCUT2D eigenvalue weighted by Gasteiger charge is 2.29. The molecular weight excluding hydrogens is 314 g/mol. The van der Waals surface area contributed by atoms with Crippen LogP contribution in [0.3, 0.4) is 0 Å². The quantitative estimate of drug-likeness (QED) is 0.776. The summed E-state index contributed by atoms with van der Waals surface area (Å²) in [4.78, 5) is 11.4. The molecule has 0 radical (unpaired) electrons. The fourth-order valence-corrected chi connectivity index (χ4v) is 3.56. The summed E-state index contributed by atoms with van der Waals surface area (Å²) in [5, 5.41) is 3.62. The lowest BCUT2D eigenvalue weighted by Gasteiger charge is -2.33. The Labute approximate surface area is 141 Å². The molecule has 0 aliphatic heterocycles. The van der Waals surface area contributed by atoms with Gasteiger partial charge in [-0.3, -0.25) is 4.79 Å². The van der Waals surface area contributed by atoms with E-state index in [4.69, 9.17) is 16.0 Å². The lowest BCUT2D eigenvalue weighted by Crippen LogP contribution is -2.26. The molecule has 1 amide bonds. The van der Waals surface area contributed by atoms with E-state index in [9.17, 15) is 4.79 Å². The lowest BCUT2D eigenvalue weighted by molar-refractivity contribution is -0.120. The molecule has 0 aliphatic rings.